The molecule has 0 radical (unpaired) electrons. The summed E-state index contributed by atoms with van der Waals surface area (Å²) in [6, 6.07) is 21.8. The number of hydrogen-bond donors (Lipinski definition) is 0. The largest absolute Gasteiger partial charge is 0.454 e. The minimum Gasteiger partial charge on any atom is -0.454 e. The summed E-state index contributed by atoms with van der Waals surface area (Å²) in [6.07, 6.45) is 0. The summed E-state index contributed by atoms with van der Waals surface area (Å²) in [5.41, 5.74) is 3.64. The zero-order chi connectivity index (χ0) is 22.7. The molecule has 0 spiro atoms. The molecule has 1 aromatic heterocycles. The molecule has 0 aliphatic carbocycles. The van der Waals surface area contributed by atoms with Gasteiger partial charge in [-0.2, -0.15) is 0 Å². The Labute approximate surface area is 183 Å². The number of rotatable bonds is 6. The molecule has 0 N–H and O–H groups in total. The number of pyridine rings is 1. The molecule has 7 nitrogen and oxygen atoms in total. The lowest BCUT2D eigenvalue weighted by atomic mass is 10.0. The number of fused-ring (bicyclic) bond motifs is 1. The summed E-state index contributed by atoms with van der Waals surface area (Å²) in [6.45, 7) is 1.51. The van der Waals surface area contributed by atoms with Gasteiger partial charge in [0.15, 0.2) is 12.4 Å². The number of hydrogen-bond acceptors (Lipinski definition) is 6. The Morgan fingerprint density at radius 3 is 2.34 bits per heavy atom. The van der Waals surface area contributed by atoms with Crippen LogP contribution in [0.2, 0.25) is 0 Å². The number of nitro benzene ring substituents is 1. The number of benzene rings is 3. The van der Waals surface area contributed by atoms with Crippen LogP contribution in [-0.4, -0.2) is 28.3 Å². The van der Waals surface area contributed by atoms with Gasteiger partial charge in [-0.3, -0.25) is 14.9 Å². The number of carbonyl (C=O) groups is 2. The number of para-hydroxylation sites is 1. The molecule has 0 fully saturated rings. The number of aryl methyl sites for hydroxylation is 1. The van der Waals surface area contributed by atoms with Gasteiger partial charge < -0.3 is 4.74 Å². The van der Waals surface area contributed by atoms with Crippen LogP contribution in [-0.2, 0) is 4.74 Å². The van der Waals surface area contributed by atoms with E-state index in [1.165, 1.54) is 24.3 Å². The quantitative estimate of drug-likeness (QED) is 0.183. The first-order valence-electron chi connectivity index (χ1n) is 9.84. The lowest BCUT2D eigenvalue weighted by molar-refractivity contribution is -0.384. The van der Waals surface area contributed by atoms with Crippen LogP contribution in [0.3, 0.4) is 0 Å². The van der Waals surface area contributed by atoms with Gasteiger partial charge in [0.2, 0.25) is 0 Å². The topological polar surface area (TPSA) is 99.4 Å². The number of ketones is 1. The zero-order valence-electron chi connectivity index (χ0n) is 17.1. The number of Topliss-reactive ketones (excluding diaryl/α,β-unsaturated/α-hetero) is 1. The van der Waals surface area contributed by atoms with Crippen LogP contribution in [0.5, 0.6) is 0 Å². The second kappa shape index (κ2) is 8.77. The normalized spacial score (nSPS) is 10.7. The molecule has 0 aliphatic heterocycles. The van der Waals surface area contributed by atoms with Crippen molar-refractivity contribution in [2.24, 2.45) is 0 Å². The molecule has 0 saturated heterocycles. The highest BCUT2D eigenvalue weighted by molar-refractivity contribution is 6.06. The molecule has 1 heterocycles. The third-order valence-electron chi connectivity index (χ3n) is 5.02. The van der Waals surface area contributed by atoms with E-state index in [0.717, 1.165) is 11.1 Å². The van der Waals surface area contributed by atoms with Gasteiger partial charge in [-0.15, -0.1) is 0 Å². The zero-order valence-corrected chi connectivity index (χ0v) is 17.1. The average Bonchev–Trinajstić information content (AvgIpc) is 2.82. The molecule has 158 valence electrons. The monoisotopic (exact) mass is 426 g/mol. The van der Waals surface area contributed by atoms with E-state index in [1.54, 1.807) is 18.2 Å². The number of esters is 1. The van der Waals surface area contributed by atoms with Crippen molar-refractivity contribution in [2.75, 3.05) is 6.61 Å². The van der Waals surface area contributed by atoms with Gasteiger partial charge in [0, 0.05) is 28.6 Å². The van der Waals surface area contributed by atoms with E-state index in [2.05, 4.69) is 4.98 Å². The van der Waals surface area contributed by atoms with Gasteiger partial charge >= 0.3 is 5.97 Å². The van der Waals surface area contributed by atoms with E-state index in [-0.39, 0.29) is 11.3 Å². The number of carbonyl (C=O) groups excluding carboxylic acids is 2. The van der Waals surface area contributed by atoms with Crippen LogP contribution in [0, 0.1) is 17.0 Å². The fraction of sp³-hybridized carbons (Fsp3) is 0.0800. The van der Waals surface area contributed by atoms with Gasteiger partial charge in [-0.25, -0.2) is 9.78 Å². The molecule has 7 heteroatoms. The van der Waals surface area contributed by atoms with Crippen molar-refractivity contribution >= 4 is 28.3 Å². The number of nitrogens with zero attached hydrogens (tertiary/aromatic N) is 2. The van der Waals surface area contributed by atoms with E-state index in [9.17, 15) is 19.7 Å². The number of non-ortho nitro benzene ring substituents is 1. The average molecular weight is 426 g/mol. The minimum absolute atomic E-state index is 0.120. The first-order valence-corrected chi connectivity index (χ1v) is 9.84. The van der Waals surface area contributed by atoms with E-state index in [0.29, 0.717) is 22.2 Å². The molecule has 4 rings (SSSR count). The van der Waals surface area contributed by atoms with E-state index >= 15 is 0 Å². The molecule has 0 aliphatic rings. The number of ether oxygens (including phenoxy) is 1. The molecular weight excluding hydrogens is 408 g/mol. The third-order valence-corrected chi connectivity index (χ3v) is 5.02. The lowest BCUT2D eigenvalue weighted by Gasteiger charge is -2.10. The second-order valence-electron chi connectivity index (χ2n) is 7.24. The van der Waals surface area contributed by atoms with Crippen LogP contribution in [0.1, 0.15) is 26.3 Å². The van der Waals surface area contributed by atoms with Crippen molar-refractivity contribution < 1.29 is 19.2 Å². The molecular formula is C25H18N2O5. The molecule has 0 atom stereocenters. The highest BCUT2D eigenvalue weighted by Crippen LogP contribution is 2.26. The Hall–Kier alpha value is -4.39. The lowest BCUT2D eigenvalue weighted by Crippen LogP contribution is -2.15. The maximum absolute atomic E-state index is 12.9. The Bertz CT molecular complexity index is 1330. The van der Waals surface area contributed by atoms with Crippen molar-refractivity contribution in [3.8, 4) is 11.3 Å². The van der Waals surface area contributed by atoms with Crippen molar-refractivity contribution in [2.45, 2.75) is 6.92 Å². The van der Waals surface area contributed by atoms with Gasteiger partial charge in [0.25, 0.3) is 5.69 Å². The van der Waals surface area contributed by atoms with E-state index in [1.807, 2.05) is 43.3 Å². The van der Waals surface area contributed by atoms with Crippen LogP contribution in [0.15, 0.2) is 78.9 Å². The van der Waals surface area contributed by atoms with Gasteiger partial charge in [-0.1, -0.05) is 48.0 Å². The first-order chi connectivity index (χ1) is 15.4. The molecule has 0 amide bonds. The van der Waals surface area contributed by atoms with Crippen molar-refractivity contribution in [1.29, 1.82) is 0 Å². The third kappa shape index (κ3) is 4.37. The summed E-state index contributed by atoms with van der Waals surface area (Å²) in [5, 5.41) is 11.4. The van der Waals surface area contributed by atoms with Gasteiger partial charge in [-0.05, 0) is 31.2 Å². The van der Waals surface area contributed by atoms with E-state index in [4.69, 9.17) is 4.74 Å². The van der Waals surface area contributed by atoms with Crippen molar-refractivity contribution in [3.05, 3.63) is 106 Å². The molecule has 3 aromatic carbocycles. The minimum atomic E-state index is -0.646. The standard InChI is InChI=1S/C25H18N2O5/c1-16-6-8-17(9-7-16)23-14-21(20-4-2-3-5-22(20)26-23)25(29)32-15-24(28)18-10-12-19(13-11-18)27(30)31/h2-14H,15H2,1H3. The Kier molecular flexibility index (Phi) is 5.72. The summed E-state index contributed by atoms with van der Waals surface area (Å²) < 4.78 is 5.29. The highest BCUT2D eigenvalue weighted by atomic mass is 16.6. The maximum atomic E-state index is 12.9. The van der Waals surface area contributed by atoms with Gasteiger partial charge in [0.05, 0.1) is 21.7 Å². The van der Waals surface area contributed by atoms with Crippen LogP contribution in [0.25, 0.3) is 22.2 Å². The molecule has 0 saturated carbocycles. The Balaban J connectivity index is 1.59. The number of nitro groups is 1. The van der Waals surface area contributed by atoms with Gasteiger partial charge in [0.1, 0.15) is 0 Å². The van der Waals surface area contributed by atoms with Crippen molar-refractivity contribution in [3.63, 3.8) is 0 Å². The SMILES string of the molecule is Cc1ccc(-c2cc(C(=O)OCC(=O)c3ccc([N+](=O)[O-])cc3)c3ccccc3n2)cc1. The summed E-state index contributed by atoms with van der Waals surface area (Å²) in [7, 11) is 0. The fourth-order valence-corrected chi connectivity index (χ4v) is 3.28. The molecule has 0 bridgehead atoms. The highest BCUT2D eigenvalue weighted by Gasteiger charge is 2.17. The van der Waals surface area contributed by atoms with Crippen LogP contribution >= 0.6 is 0 Å². The van der Waals surface area contributed by atoms with Crippen LogP contribution in [0.4, 0.5) is 5.69 Å². The second-order valence-corrected chi connectivity index (χ2v) is 7.24. The first kappa shape index (κ1) is 20.9. The van der Waals surface area contributed by atoms with Crippen LogP contribution < -0.4 is 0 Å². The predicted octanol–water partition coefficient (Wildman–Crippen LogP) is 5.16. The molecule has 4 aromatic rings. The predicted molar refractivity (Wildman–Crippen MR) is 120 cm³/mol. The fourth-order valence-electron chi connectivity index (χ4n) is 3.28. The summed E-state index contributed by atoms with van der Waals surface area (Å²) in [4.78, 5) is 40.1. The molecule has 32 heavy (non-hydrogen) atoms. The summed E-state index contributed by atoms with van der Waals surface area (Å²) in [5.74, 6) is -1.10. The Morgan fingerprint density at radius 1 is 0.969 bits per heavy atom. The Morgan fingerprint density at radius 2 is 1.66 bits per heavy atom. The maximum Gasteiger partial charge on any atom is 0.339 e. The van der Waals surface area contributed by atoms with E-state index < -0.39 is 23.3 Å². The van der Waals surface area contributed by atoms with Crippen molar-refractivity contribution in [1.82, 2.24) is 4.98 Å². The molecule has 0 unspecified atom stereocenters. The summed E-state index contributed by atoms with van der Waals surface area (Å²) >= 11 is 0. The smallest absolute Gasteiger partial charge is 0.339 e. The number of aromatic nitrogens is 1.